The Morgan fingerprint density at radius 3 is 2.68 bits per heavy atom. The van der Waals surface area contributed by atoms with Gasteiger partial charge in [0.05, 0.1) is 24.4 Å². The van der Waals surface area contributed by atoms with Crippen LogP contribution >= 0.6 is 0 Å². The largest absolute Gasteiger partial charge is 0.484 e. The van der Waals surface area contributed by atoms with E-state index in [1.54, 1.807) is 0 Å². The van der Waals surface area contributed by atoms with E-state index in [2.05, 4.69) is 56.1 Å². The van der Waals surface area contributed by atoms with Crippen molar-refractivity contribution in [3.05, 3.63) is 23.8 Å². The predicted octanol–water partition coefficient (Wildman–Crippen LogP) is 2.92. The molecule has 0 aromatic heterocycles. The van der Waals surface area contributed by atoms with Gasteiger partial charge in [-0.05, 0) is 51.8 Å². The van der Waals surface area contributed by atoms with Gasteiger partial charge in [-0.3, -0.25) is 4.90 Å². The summed E-state index contributed by atoms with van der Waals surface area (Å²) < 4.78 is 11.8. The highest BCUT2D eigenvalue weighted by Gasteiger charge is 2.26. The Kier molecular flexibility index (Phi) is 4.33. The molecule has 1 fully saturated rings. The molecule has 0 saturated carbocycles. The van der Waals surface area contributed by atoms with Crippen LogP contribution in [0.1, 0.15) is 33.3 Å². The van der Waals surface area contributed by atoms with Gasteiger partial charge in [-0.2, -0.15) is 0 Å². The van der Waals surface area contributed by atoms with Crippen LogP contribution in [0.25, 0.3) is 0 Å². The summed E-state index contributed by atoms with van der Waals surface area (Å²) in [6, 6.07) is 6.52. The molecule has 2 unspecified atom stereocenters. The maximum Gasteiger partial charge on any atom is 0.143 e. The molecule has 22 heavy (non-hydrogen) atoms. The summed E-state index contributed by atoms with van der Waals surface area (Å²) in [7, 11) is 0. The van der Waals surface area contributed by atoms with E-state index in [0.29, 0.717) is 12.2 Å². The smallest absolute Gasteiger partial charge is 0.143 e. The lowest BCUT2D eigenvalue weighted by Crippen LogP contribution is -2.46. The highest BCUT2D eigenvalue weighted by molar-refractivity contribution is 5.60. The Hall–Kier alpha value is -1.26. The van der Waals surface area contributed by atoms with Crippen molar-refractivity contribution in [1.82, 2.24) is 4.90 Å². The molecule has 4 heteroatoms. The van der Waals surface area contributed by atoms with E-state index in [4.69, 9.17) is 9.47 Å². The molecule has 2 aliphatic rings. The van der Waals surface area contributed by atoms with Gasteiger partial charge in [-0.15, -0.1) is 0 Å². The third-order valence-corrected chi connectivity index (χ3v) is 4.35. The first-order chi connectivity index (χ1) is 10.4. The molecule has 1 aromatic rings. The van der Waals surface area contributed by atoms with E-state index in [1.807, 2.05) is 0 Å². The molecule has 4 nitrogen and oxygen atoms in total. The third kappa shape index (κ3) is 3.73. The molecule has 1 saturated heterocycles. The van der Waals surface area contributed by atoms with Crippen molar-refractivity contribution in [3.8, 4) is 5.75 Å². The number of nitrogens with zero attached hydrogens (tertiary/aromatic N) is 1. The fourth-order valence-electron chi connectivity index (χ4n) is 3.36. The van der Waals surface area contributed by atoms with Crippen molar-refractivity contribution in [2.75, 3.05) is 31.5 Å². The molecular formula is C18H28N2O2. The van der Waals surface area contributed by atoms with Crippen molar-refractivity contribution in [2.45, 2.75) is 51.9 Å². The molecule has 0 amide bonds. The zero-order valence-corrected chi connectivity index (χ0v) is 14.2. The Bertz CT molecular complexity index is 520. The van der Waals surface area contributed by atoms with E-state index in [1.165, 1.54) is 5.56 Å². The summed E-state index contributed by atoms with van der Waals surface area (Å²) >= 11 is 0. The van der Waals surface area contributed by atoms with Gasteiger partial charge in [0.1, 0.15) is 11.4 Å². The van der Waals surface area contributed by atoms with Crippen LogP contribution < -0.4 is 10.1 Å². The maximum atomic E-state index is 6.01. The highest BCUT2D eigenvalue weighted by Crippen LogP contribution is 2.33. The van der Waals surface area contributed by atoms with Gasteiger partial charge in [0, 0.05) is 19.6 Å². The normalized spacial score (nSPS) is 27.6. The number of nitrogens with one attached hydrogen (secondary N) is 1. The van der Waals surface area contributed by atoms with Crippen molar-refractivity contribution in [1.29, 1.82) is 0 Å². The lowest BCUT2D eigenvalue weighted by molar-refractivity contribution is -0.0675. The van der Waals surface area contributed by atoms with Crippen LogP contribution in [0, 0.1) is 0 Å². The van der Waals surface area contributed by atoms with Crippen LogP contribution in [0.5, 0.6) is 5.75 Å². The predicted molar refractivity (Wildman–Crippen MR) is 89.8 cm³/mol. The quantitative estimate of drug-likeness (QED) is 0.931. The molecule has 2 heterocycles. The van der Waals surface area contributed by atoms with E-state index in [0.717, 1.165) is 44.0 Å². The first-order valence-electron chi connectivity index (χ1n) is 8.35. The SMILES string of the molecule is CC1CN(CCc2ccc3c(c2)NCC(C)(C)O3)CC(C)O1. The monoisotopic (exact) mass is 304 g/mol. The molecule has 0 spiro atoms. The molecule has 0 bridgehead atoms. The van der Waals surface area contributed by atoms with Gasteiger partial charge in [-0.1, -0.05) is 6.07 Å². The van der Waals surface area contributed by atoms with Crippen molar-refractivity contribution >= 4 is 5.69 Å². The molecule has 2 aliphatic heterocycles. The van der Waals surface area contributed by atoms with Gasteiger partial charge < -0.3 is 14.8 Å². The van der Waals surface area contributed by atoms with Gasteiger partial charge in [0.15, 0.2) is 0 Å². The number of morpholine rings is 1. The number of benzene rings is 1. The average Bonchev–Trinajstić information content (AvgIpc) is 2.43. The third-order valence-electron chi connectivity index (χ3n) is 4.35. The second-order valence-electron chi connectivity index (χ2n) is 7.31. The fraction of sp³-hybridized carbons (Fsp3) is 0.667. The van der Waals surface area contributed by atoms with Gasteiger partial charge in [0.2, 0.25) is 0 Å². The average molecular weight is 304 g/mol. The molecule has 1 aromatic carbocycles. The van der Waals surface area contributed by atoms with Gasteiger partial charge in [-0.25, -0.2) is 0 Å². The van der Waals surface area contributed by atoms with Crippen LogP contribution in [-0.4, -0.2) is 48.9 Å². The molecular weight excluding hydrogens is 276 g/mol. The van der Waals surface area contributed by atoms with Crippen molar-refractivity contribution in [2.24, 2.45) is 0 Å². The van der Waals surface area contributed by atoms with E-state index in [-0.39, 0.29) is 5.60 Å². The summed E-state index contributed by atoms with van der Waals surface area (Å²) in [5, 5.41) is 3.49. The van der Waals surface area contributed by atoms with Crippen LogP contribution in [0.4, 0.5) is 5.69 Å². The van der Waals surface area contributed by atoms with Crippen LogP contribution in [0.3, 0.4) is 0 Å². The highest BCUT2D eigenvalue weighted by atomic mass is 16.5. The summed E-state index contributed by atoms with van der Waals surface area (Å²) in [6.07, 6.45) is 1.74. The lowest BCUT2D eigenvalue weighted by Gasteiger charge is -2.35. The second-order valence-corrected chi connectivity index (χ2v) is 7.31. The minimum absolute atomic E-state index is 0.130. The van der Waals surface area contributed by atoms with Crippen LogP contribution in [0.15, 0.2) is 18.2 Å². The van der Waals surface area contributed by atoms with Gasteiger partial charge in [0.25, 0.3) is 0 Å². The zero-order chi connectivity index (χ0) is 15.7. The first kappa shape index (κ1) is 15.6. The molecule has 0 radical (unpaired) electrons. The topological polar surface area (TPSA) is 33.7 Å². The summed E-state index contributed by atoms with van der Waals surface area (Å²) in [6.45, 7) is 12.5. The van der Waals surface area contributed by atoms with Crippen molar-refractivity contribution in [3.63, 3.8) is 0 Å². The summed E-state index contributed by atoms with van der Waals surface area (Å²) in [5.41, 5.74) is 2.36. The molecule has 0 aliphatic carbocycles. The molecule has 2 atom stereocenters. The maximum absolute atomic E-state index is 6.01. The van der Waals surface area contributed by atoms with Crippen LogP contribution in [0.2, 0.25) is 0 Å². The number of anilines is 1. The van der Waals surface area contributed by atoms with Crippen molar-refractivity contribution < 1.29 is 9.47 Å². The fourth-order valence-corrected chi connectivity index (χ4v) is 3.36. The number of hydrogen-bond acceptors (Lipinski definition) is 4. The lowest BCUT2D eigenvalue weighted by atomic mass is 10.0. The van der Waals surface area contributed by atoms with Crippen LogP contribution in [-0.2, 0) is 11.2 Å². The standard InChI is InChI=1S/C18H28N2O2/c1-13-10-20(11-14(2)21-13)8-7-15-5-6-17-16(9-15)19-12-18(3,4)22-17/h5-6,9,13-14,19H,7-8,10-12H2,1-4H3. The number of hydrogen-bond donors (Lipinski definition) is 1. The summed E-state index contributed by atoms with van der Waals surface area (Å²) in [5.74, 6) is 0.966. The number of rotatable bonds is 3. The van der Waals surface area contributed by atoms with E-state index >= 15 is 0 Å². The zero-order valence-electron chi connectivity index (χ0n) is 14.2. The van der Waals surface area contributed by atoms with E-state index in [9.17, 15) is 0 Å². The summed E-state index contributed by atoms with van der Waals surface area (Å²) in [4.78, 5) is 2.51. The Labute approximate surface area is 133 Å². The minimum atomic E-state index is -0.130. The molecule has 1 N–H and O–H groups in total. The Morgan fingerprint density at radius 2 is 1.95 bits per heavy atom. The second kappa shape index (κ2) is 6.09. The Morgan fingerprint density at radius 1 is 1.23 bits per heavy atom. The van der Waals surface area contributed by atoms with Gasteiger partial charge >= 0.3 is 0 Å². The first-order valence-corrected chi connectivity index (χ1v) is 8.35. The Balaban J connectivity index is 1.60. The molecule has 122 valence electrons. The molecule has 3 rings (SSSR count). The number of ether oxygens (including phenoxy) is 2. The van der Waals surface area contributed by atoms with E-state index < -0.39 is 0 Å². The number of fused-ring (bicyclic) bond motifs is 1. The minimum Gasteiger partial charge on any atom is -0.484 e.